The Morgan fingerprint density at radius 3 is 2.65 bits per heavy atom. The molecule has 1 N–H and O–H groups in total. The van der Waals surface area contributed by atoms with E-state index in [0.29, 0.717) is 27.8 Å². The van der Waals surface area contributed by atoms with Crippen molar-refractivity contribution in [1.29, 1.82) is 0 Å². The topological polar surface area (TPSA) is 67.9 Å². The lowest BCUT2D eigenvalue weighted by Gasteiger charge is -2.29. The smallest absolute Gasteiger partial charge is 0.270 e. The molecule has 2 aromatic carbocycles. The van der Waals surface area contributed by atoms with Crippen LogP contribution < -0.4 is 19.7 Å². The van der Waals surface area contributed by atoms with Crippen LogP contribution in [0.15, 0.2) is 42.0 Å². The third-order valence-electron chi connectivity index (χ3n) is 4.94. The third-order valence-corrected chi connectivity index (χ3v) is 5.63. The Bertz CT molecular complexity index is 1080. The van der Waals surface area contributed by atoms with Crippen molar-refractivity contribution in [2.45, 2.75) is 33.3 Å². The Labute approximate surface area is 191 Å². The fourth-order valence-corrected chi connectivity index (χ4v) is 3.44. The molecule has 1 saturated heterocycles. The van der Waals surface area contributed by atoms with Gasteiger partial charge in [0.15, 0.2) is 16.6 Å². The molecule has 8 heteroatoms. The highest BCUT2D eigenvalue weighted by atomic mass is 35.5. The van der Waals surface area contributed by atoms with E-state index in [0.717, 1.165) is 12.0 Å². The van der Waals surface area contributed by atoms with Crippen molar-refractivity contribution >= 4 is 52.5 Å². The Morgan fingerprint density at radius 2 is 2.00 bits per heavy atom. The van der Waals surface area contributed by atoms with Crippen molar-refractivity contribution in [1.82, 2.24) is 5.32 Å². The van der Waals surface area contributed by atoms with Gasteiger partial charge in [-0.25, -0.2) is 0 Å². The molecular formula is C23H23ClN2O4S. The quantitative estimate of drug-likeness (QED) is 0.387. The predicted molar refractivity (Wildman–Crippen MR) is 126 cm³/mol. The van der Waals surface area contributed by atoms with Crippen LogP contribution in [0, 0.1) is 6.92 Å². The molecule has 1 aliphatic heterocycles. The first-order valence-electron chi connectivity index (χ1n) is 9.78. The van der Waals surface area contributed by atoms with Gasteiger partial charge in [0.2, 0.25) is 0 Å². The molecule has 0 unspecified atom stereocenters. The van der Waals surface area contributed by atoms with Crippen LogP contribution in [0.1, 0.15) is 31.4 Å². The van der Waals surface area contributed by atoms with Gasteiger partial charge < -0.3 is 9.47 Å². The Morgan fingerprint density at radius 1 is 1.26 bits per heavy atom. The second-order valence-corrected chi connectivity index (χ2v) is 7.90. The first kappa shape index (κ1) is 22.8. The molecule has 31 heavy (non-hydrogen) atoms. The first-order valence-corrected chi connectivity index (χ1v) is 10.6. The van der Waals surface area contributed by atoms with Crippen molar-refractivity contribution in [2.75, 3.05) is 12.0 Å². The summed E-state index contributed by atoms with van der Waals surface area (Å²) in [7, 11) is 1.54. The normalized spacial score (nSPS) is 16.4. The number of thiocarbonyl (C=S) groups is 1. The lowest BCUT2D eigenvalue weighted by Crippen LogP contribution is -2.54. The zero-order valence-corrected chi connectivity index (χ0v) is 19.3. The number of hydrogen-bond acceptors (Lipinski definition) is 5. The minimum absolute atomic E-state index is 0.00575. The zero-order chi connectivity index (χ0) is 22.7. The minimum atomic E-state index is -0.582. The Balaban J connectivity index is 2.07. The number of halogens is 1. The molecule has 1 heterocycles. The highest BCUT2D eigenvalue weighted by molar-refractivity contribution is 7.80. The van der Waals surface area contributed by atoms with Gasteiger partial charge in [0.05, 0.1) is 18.9 Å². The molecule has 3 rings (SSSR count). The maximum absolute atomic E-state index is 13.3. The zero-order valence-electron chi connectivity index (χ0n) is 17.7. The number of methoxy groups -OCH3 is 1. The lowest BCUT2D eigenvalue weighted by atomic mass is 10.1. The molecule has 0 radical (unpaired) electrons. The first-order chi connectivity index (χ1) is 14.8. The monoisotopic (exact) mass is 458 g/mol. The van der Waals surface area contributed by atoms with Crippen LogP contribution >= 0.6 is 23.8 Å². The molecular weight excluding hydrogens is 436 g/mol. The number of nitrogens with zero attached hydrogens (tertiary/aromatic N) is 1. The summed E-state index contributed by atoms with van der Waals surface area (Å²) in [5, 5.41) is 3.06. The highest BCUT2D eigenvalue weighted by Crippen LogP contribution is 2.35. The molecule has 6 nitrogen and oxygen atoms in total. The molecule has 0 aliphatic carbocycles. The number of ether oxygens (including phenoxy) is 2. The van der Waals surface area contributed by atoms with Crippen LogP contribution in [0.2, 0.25) is 5.02 Å². The predicted octanol–water partition coefficient (Wildman–Crippen LogP) is 4.67. The number of carbonyl (C=O) groups excluding carboxylic acids is 2. The lowest BCUT2D eigenvalue weighted by molar-refractivity contribution is -0.122. The fourth-order valence-electron chi connectivity index (χ4n) is 2.99. The molecule has 2 aromatic rings. The van der Waals surface area contributed by atoms with Gasteiger partial charge in [0.25, 0.3) is 11.8 Å². The number of aryl methyl sites for hydroxylation is 1. The number of nitrogens with one attached hydrogen (secondary N) is 1. The van der Waals surface area contributed by atoms with E-state index in [4.69, 9.17) is 33.3 Å². The molecule has 1 atom stereocenters. The minimum Gasteiger partial charge on any atom is -0.493 e. The van der Waals surface area contributed by atoms with Gasteiger partial charge in [-0.3, -0.25) is 19.8 Å². The van der Waals surface area contributed by atoms with E-state index in [9.17, 15) is 9.59 Å². The second-order valence-electron chi connectivity index (χ2n) is 7.11. The van der Waals surface area contributed by atoms with Gasteiger partial charge in [-0.15, -0.1) is 0 Å². The van der Waals surface area contributed by atoms with Crippen molar-refractivity contribution < 1.29 is 19.1 Å². The standard InChI is InChI=1S/C23H23ClN2O4S/c1-5-14(3)30-20-15(7-6-8-19(20)29-4)11-17-21(27)25-23(31)26(22(17)28)16-10-9-13(2)18(24)12-16/h6-12,14H,5H2,1-4H3,(H,25,27,31)/b17-11+/t14-/m0/s1. The van der Waals surface area contributed by atoms with E-state index in [1.165, 1.54) is 18.1 Å². The molecule has 2 amide bonds. The van der Waals surface area contributed by atoms with Crippen LogP contribution in [0.4, 0.5) is 5.69 Å². The van der Waals surface area contributed by atoms with Crippen molar-refractivity contribution in [3.05, 3.63) is 58.1 Å². The van der Waals surface area contributed by atoms with Gasteiger partial charge in [0, 0.05) is 10.6 Å². The number of carbonyl (C=O) groups is 2. The Kier molecular flexibility index (Phi) is 6.97. The van der Waals surface area contributed by atoms with E-state index < -0.39 is 11.8 Å². The molecule has 1 fully saturated rings. The number of benzene rings is 2. The van der Waals surface area contributed by atoms with Crippen LogP contribution in [0.5, 0.6) is 11.5 Å². The van der Waals surface area contributed by atoms with Gasteiger partial charge >= 0.3 is 0 Å². The number of rotatable bonds is 6. The summed E-state index contributed by atoms with van der Waals surface area (Å²) in [6.45, 7) is 5.79. The van der Waals surface area contributed by atoms with Crippen LogP contribution in [0.3, 0.4) is 0 Å². The van der Waals surface area contributed by atoms with E-state index >= 15 is 0 Å². The summed E-state index contributed by atoms with van der Waals surface area (Å²) in [5.74, 6) is -0.158. The highest BCUT2D eigenvalue weighted by Gasteiger charge is 2.35. The molecule has 0 bridgehead atoms. The van der Waals surface area contributed by atoms with Crippen LogP contribution in [0.25, 0.3) is 6.08 Å². The van der Waals surface area contributed by atoms with Gasteiger partial charge in [-0.2, -0.15) is 0 Å². The molecule has 0 saturated carbocycles. The maximum atomic E-state index is 13.3. The maximum Gasteiger partial charge on any atom is 0.270 e. The van der Waals surface area contributed by atoms with Crippen LogP contribution in [-0.2, 0) is 9.59 Å². The molecule has 0 spiro atoms. The number of amides is 2. The van der Waals surface area contributed by atoms with E-state index in [1.54, 1.807) is 36.4 Å². The van der Waals surface area contributed by atoms with E-state index in [2.05, 4.69) is 5.32 Å². The average Bonchev–Trinajstić information content (AvgIpc) is 2.74. The van der Waals surface area contributed by atoms with E-state index in [1.807, 2.05) is 20.8 Å². The summed E-state index contributed by atoms with van der Waals surface area (Å²) < 4.78 is 11.4. The summed E-state index contributed by atoms with van der Waals surface area (Å²) in [5.41, 5.74) is 1.81. The van der Waals surface area contributed by atoms with Crippen molar-refractivity contribution in [3.63, 3.8) is 0 Å². The van der Waals surface area contributed by atoms with Crippen molar-refractivity contribution in [2.24, 2.45) is 0 Å². The largest absolute Gasteiger partial charge is 0.493 e. The summed E-state index contributed by atoms with van der Waals surface area (Å²) in [6, 6.07) is 10.4. The van der Waals surface area contributed by atoms with E-state index in [-0.39, 0.29) is 16.8 Å². The summed E-state index contributed by atoms with van der Waals surface area (Å²) >= 11 is 11.5. The summed E-state index contributed by atoms with van der Waals surface area (Å²) in [6.07, 6.45) is 2.19. The van der Waals surface area contributed by atoms with Crippen LogP contribution in [-0.4, -0.2) is 30.1 Å². The van der Waals surface area contributed by atoms with Crippen molar-refractivity contribution in [3.8, 4) is 11.5 Å². The molecule has 162 valence electrons. The Hall–Kier alpha value is -2.90. The van der Waals surface area contributed by atoms with Gasteiger partial charge in [-0.1, -0.05) is 36.7 Å². The summed E-state index contributed by atoms with van der Waals surface area (Å²) in [4.78, 5) is 27.2. The SMILES string of the molecule is CC[C@H](C)Oc1c(/C=C2\C(=O)NC(=S)N(c3ccc(C)c(Cl)c3)C2=O)cccc1OC. The van der Waals surface area contributed by atoms with Gasteiger partial charge in [-0.05, 0) is 62.3 Å². The number of para-hydroxylation sites is 1. The molecule has 1 aliphatic rings. The fraction of sp³-hybridized carbons (Fsp3) is 0.261. The molecule has 0 aromatic heterocycles. The third kappa shape index (κ3) is 4.73. The number of anilines is 1. The van der Waals surface area contributed by atoms with Gasteiger partial charge in [0.1, 0.15) is 5.57 Å². The second kappa shape index (κ2) is 9.49. The average molecular weight is 459 g/mol. The number of hydrogen-bond donors (Lipinski definition) is 1.